The number of rotatable bonds is 4. The summed E-state index contributed by atoms with van der Waals surface area (Å²) < 4.78 is 23.6. The van der Waals surface area contributed by atoms with E-state index in [1.165, 1.54) is 0 Å². The summed E-state index contributed by atoms with van der Waals surface area (Å²) in [5, 5.41) is 21.5. The summed E-state index contributed by atoms with van der Waals surface area (Å²) in [6.45, 7) is -0.823. The van der Waals surface area contributed by atoms with Crippen LogP contribution in [0.5, 0.6) is 5.75 Å². The molecule has 0 saturated heterocycles. The predicted molar refractivity (Wildman–Crippen MR) is 53.1 cm³/mol. The zero-order chi connectivity index (χ0) is 13.0. The number of hydrogen-bond donors (Lipinski definition) is 2. The average Bonchev–Trinajstić information content (AvgIpc) is 2.25. The van der Waals surface area contributed by atoms with Gasteiger partial charge in [0, 0.05) is 11.6 Å². The van der Waals surface area contributed by atoms with E-state index >= 15 is 0 Å². The normalized spacial score (nSPS) is 10.3. The Morgan fingerprint density at radius 3 is 2.65 bits per heavy atom. The topological polar surface area (TPSA) is 92.5 Å². The average molecular weight is 246 g/mol. The van der Waals surface area contributed by atoms with E-state index in [4.69, 9.17) is 0 Å². The van der Waals surface area contributed by atoms with Crippen LogP contribution >= 0.6 is 0 Å². The van der Waals surface area contributed by atoms with Gasteiger partial charge in [-0.25, -0.2) is 8.78 Å². The van der Waals surface area contributed by atoms with E-state index in [1.54, 1.807) is 0 Å². The molecule has 0 atom stereocenters. The summed E-state index contributed by atoms with van der Waals surface area (Å²) in [6, 6.07) is 2.84. The molecule has 1 amide bonds. The van der Waals surface area contributed by atoms with Gasteiger partial charge in [-0.2, -0.15) is 0 Å². The largest absolute Gasteiger partial charge is 0.502 e. The van der Waals surface area contributed by atoms with Crippen molar-refractivity contribution in [3.8, 4) is 5.75 Å². The third kappa shape index (κ3) is 3.37. The van der Waals surface area contributed by atoms with E-state index in [-0.39, 0.29) is 5.56 Å². The molecule has 0 bridgehead atoms. The summed E-state index contributed by atoms with van der Waals surface area (Å²) in [7, 11) is 0. The van der Waals surface area contributed by atoms with Crippen molar-refractivity contribution in [2.45, 2.75) is 6.43 Å². The molecule has 0 aliphatic rings. The van der Waals surface area contributed by atoms with Crippen molar-refractivity contribution in [3.63, 3.8) is 0 Å². The van der Waals surface area contributed by atoms with E-state index in [2.05, 4.69) is 0 Å². The molecule has 0 heterocycles. The maximum absolute atomic E-state index is 11.8. The number of nitrogens with one attached hydrogen (secondary N) is 1. The Morgan fingerprint density at radius 2 is 2.18 bits per heavy atom. The minimum atomic E-state index is -2.69. The molecule has 0 unspecified atom stereocenters. The number of amides is 1. The zero-order valence-corrected chi connectivity index (χ0v) is 8.39. The van der Waals surface area contributed by atoms with Gasteiger partial charge >= 0.3 is 5.69 Å². The molecule has 0 spiro atoms. The first kappa shape index (κ1) is 12.8. The number of phenols is 1. The molecule has 17 heavy (non-hydrogen) atoms. The second-order valence-corrected chi connectivity index (χ2v) is 3.06. The highest BCUT2D eigenvalue weighted by atomic mass is 19.3. The van der Waals surface area contributed by atoms with Crippen molar-refractivity contribution in [1.82, 2.24) is 5.32 Å². The lowest BCUT2D eigenvalue weighted by Gasteiger charge is -2.04. The number of benzene rings is 1. The van der Waals surface area contributed by atoms with Crippen molar-refractivity contribution in [2.75, 3.05) is 6.54 Å². The van der Waals surface area contributed by atoms with Gasteiger partial charge < -0.3 is 10.4 Å². The molecular weight excluding hydrogens is 238 g/mol. The van der Waals surface area contributed by atoms with Gasteiger partial charge in [-0.3, -0.25) is 14.9 Å². The second kappa shape index (κ2) is 5.19. The molecule has 0 saturated carbocycles. The van der Waals surface area contributed by atoms with E-state index in [1.807, 2.05) is 5.32 Å². The lowest BCUT2D eigenvalue weighted by Crippen LogP contribution is -2.28. The fraction of sp³-hybridized carbons (Fsp3) is 0.222. The first-order valence-electron chi connectivity index (χ1n) is 4.45. The number of nitro benzene ring substituents is 1. The van der Waals surface area contributed by atoms with Crippen LogP contribution in [0.25, 0.3) is 0 Å². The first-order chi connectivity index (χ1) is 7.91. The number of phenolic OH excluding ortho intramolecular Hbond substituents is 1. The third-order valence-corrected chi connectivity index (χ3v) is 1.85. The highest BCUT2D eigenvalue weighted by molar-refractivity contribution is 5.95. The Balaban J connectivity index is 2.83. The van der Waals surface area contributed by atoms with Gasteiger partial charge in [0.15, 0.2) is 5.75 Å². The monoisotopic (exact) mass is 246 g/mol. The van der Waals surface area contributed by atoms with E-state index in [9.17, 15) is 28.8 Å². The summed E-state index contributed by atoms with van der Waals surface area (Å²) in [6.07, 6.45) is -2.69. The van der Waals surface area contributed by atoms with Crippen LogP contribution in [-0.2, 0) is 0 Å². The fourth-order valence-electron chi connectivity index (χ4n) is 1.09. The van der Waals surface area contributed by atoms with Crippen molar-refractivity contribution in [3.05, 3.63) is 33.9 Å². The fourth-order valence-corrected chi connectivity index (χ4v) is 1.09. The smallest absolute Gasteiger partial charge is 0.310 e. The molecule has 1 aromatic carbocycles. The zero-order valence-electron chi connectivity index (χ0n) is 8.39. The van der Waals surface area contributed by atoms with Gasteiger partial charge in [0.25, 0.3) is 12.3 Å². The number of alkyl halides is 2. The van der Waals surface area contributed by atoms with Crippen molar-refractivity contribution in [1.29, 1.82) is 0 Å². The van der Waals surface area contributed by atoms with Crippen molar-refractivity contribution >= 4 is 11.6 Å². The van der Waals surface area contributed by atoms with Crippen LogP contribution in [0, 0.1) is 10.1 Å². The van der Waals surface area contributed by atoms with Crippen molar-refractivity contribution in [2.24, 2.45) is 0 Å². The molecule has 0 fully saturated rings. The maximum atomic E-state index is 11.8. The number of carbonyl (C=O) groups is 1. The number of nitro groups is 1. The van der Waals surface area contributed by atoms with Crippen LogP contribution in [0.15, 0.2) is 18.2 Å². The molecule has 92 valence electrons. The molecule has 1 aromatic rings. The Morgan fingerprint density at radius 1 is 1.53 bits per heavy atom. The summed E-state index contributed by atoms with van der Waals surface area (Å²) >= 11 is 0. The summed E-state index contributed by atoms with van der Waals surface area (Å²) in [4.78, 5) is 20.8. The van der Waals surface area contributed by atoms with Gasteiger partial charge in [0.2, 0.25) is 0 Å². The van der Waals surface area contributed by atoms with Gasteiger partial charge in [-0.1, -0.05) is 0 Å². The highest BCUT2D eigenvalue weighted by Gasteiger charge is 2.16. The van der Waals surface area contributed by atoms with Gasteiger partial charge in [-0.05, 0) is 12.1 Å². The van der Waals surface area contributed by atoms with Crippen LogP contribution in [0.4, 0.5) is 14.5 Å². The SMILES string of the molecule is O=C(NCC(F)F)c1ccc([N+](=O)[O-])c(O)c1. The van der Waals surface area contributed by atoms with Gasteiger partial charge in [-0.15, -0.1) is 0 Å². The maximum Gasteiger partial charge on any atom is 0.310 e. The van der Waals surface area contributed by atoms with Gasteiger partial charge in [0.1, 0.15) is 0 Å². The Kier molecular flexibility index (Phi) is 3.91. The van der Waals surface area contributed by atoms with E-state index < -0.39 is 35.2 Å². The van der Waals surface area contributed by atoms with Crippen molar-refractivity contribution < 1.29 is 23.6 Å². The number of aromatic hydroxyl groups is 1. The molecule has 0 radical (unpaired) electrons. The summed E-state index contributed by atoms with van der Waals surface area (Å²) in [5.74, 6) is -1.53. The third-order valence-electron chi connectivity index (χ3n) is 1.85. The van der Waals surface area contributed by atoms with Crippen LogP contribution in [0.2, 0.25) is 0 Å². The Bertz CT molecular complexity index is 451. The van der Waals surface area contributed by atoms with Crippen LogP contribution in [-0.4, -0.2) is 28.9 Å². The minimum Gasteiger partial charge on any atom is -0.502 e. The molecule has 0 aromatic heterocycles. The molecule has 0 aliphatic heterocycles. The number of hydrogen-bond acceptors (Lipinski definition) is 4. The van der Waals surface area contributed by atoms with Crippen LogP contribution in [0.1, 0.15) is 10.4 Å². The quantitative estimate of drug-likeness (QED) is 0.618. The lowest BCUT2D eigenvalue weighted by molar-refractivity contribution is -0.385. The standard InChI is InChI=1S/C9H8F2N2O4/c10-8(11)4-12-9(15)5-1-2-6(13(16)17)7(14)3-5/h1-3,8,14H,4H2,(H,12,15). The lowest BCUT2D eigenvalue weighted by atomic mass is 10.2. The minimum absolute atomic E-state index is 0.131. The van der Waals surface area contributed by atoms with Crippen LogP contribution in [0.3, 0.4) is 0 Å². The number of halogens is 2. The Labute approximate surface area is 94.0 Å². The Hall–Kier alpha value is -2.25. The molecule has 0 aliphatic carbocycles. The summed E-state index contributed by atoms with van der Waals surface area (Å²) in [5.41, 5.74) is -0.691. The molecule has 1 rings (SSSR count). The molecule has 8 heteroatoms. The molecule has 2 N–H and O–H groups in total. The molecule has 6 nitrogen and oxygen atoms in total. The van der Waals surface area contributed by atoms with Gasteiger partial charge in [0.05, 0.1) is 11.5 Å². The van der Waals surface area contributed by atoms with E-state index in [0.717, 1.165) is 18.2 Å². The second-order valence-electron chi connectivity index (χ2n) is 3.06. The number of carbonyl (C=O) groups excluding carboxylic acids is 1. The first-order valence-corrected chi connectivity index (χ1v) is 4.45. The van der Waals surface area contributed by atoms with E-state index in [0.29, 0.717) is 0 Å². The highest BCUT2D eigenvalue weighted by Crippen LogP contribution is 2.26. The predicted octanol–water partition coefficient (Wildman–Crippen LogP) is 1.30. The number of nitrogens with zero attached hydrogens (tertiary/aromatic N) is 1. The molecular formula is C9H8F2N2O4. The van der Waals surface area contributed by atoms with Crippen LogP contribution < -0.4 is 5.32 Å².